The second-order valence-corrected chi connectivity index (χ2v) is 6.95. The molecule has 1 aromatic rings. The lowest BCUT2D eigenvalue weighted by Gasteiger charge is -2.32. The third-order valence-corrected chi connectivity index (χ3v) is 4.65. The smallest absolute Gasteiger partial charge is 0.399 e. The van der Waals surface area contributed by atoms with Crippen molar-refractivity contribution in [2.45, 2.75) is 71.5 Å². The van der Waals surface area contributed by atoms with E-state index in [0.717, 1.165) is 11.9 Å². The Hall–Kier alpha value is -0.795. The third kappa shape index (κ3) is 3.89. The molecule has 1 radical (unpaired) electrons. The number of hydrogen-bond donors (Lipinski definition) is 0. The summed E-state index contributed by atoms with van der Waals surface area (Å²) in [5, 5.41) is 0. The highest BCUT2D eigenvalue weighted by atomic mass is 16.7. The van der Waals surface area contributed by atoms with Crippen LogP contribution in [0.1, 0.15) is 65.9 Å². The third-order valence-electron chi connectivity index (χ3n) is 4.65. The van der Waals surface area contributed by atoms with Crippen LogP contribution >= 0.6 is 0 Å². The summed E-state index contributed by atoms with van der Waals surface area (Å²) >= 11 is 0. The van der Waals surface area contributed by atoms with E-state index in [2.05, 4.69) is 65.3 Å². The average molecular weight is 287 g/mol. The van der Waals surface area contributed by atoms with Crippen LogP contribution in [0.3, 0.4) is 0 Å². The summed E-state index contributed by atoms with van der Waals surface area (Å²) in [6.07, 6.45) is 7.32. The molecule has 115 valence electrons. The maximum Gasteiger partial charge on any atom is 0.494 e. The summed E-state index contributed by atoms with van der Waals surface area (Å²) in [6.45, 7) is 10.6. The van der Waals surface area contributed by atoms with Gasteiger partial charge >= 0.3 is 7.12 Å². The summed E-state index contributed by atoms with van der Waals surface area (Å²) in [5.74, 6) is 0. The van der Waals surface area contributed by atoms with Gasteiger partial charge in [-0.05, 0) is 51.6 Å². The van der Waals surface area contributed by atoms with Gasteiger partial charge in [0.15, 0.2) is 0 Å². The monoisotopic (exact) mass is 287 g/mol. The predicted octanol–water partition coefficient (Wildman–Crippen LogP) is 4.12. The molecule has 1 aliphatic rings. The Labute approximate surface area is 130 Å². The summed E-state index contributed by atoms with van der Waals surface area (Å²) < 4.78 is 12.1. The number of benzene rings is 1. The Balaban J connectivity index is 1.94. The minimum Gasteiger partial charge on any atom is -0.399 e. The molecule has 1 aliphatic heterocycles. The number of unbranched alkanes of at least 4 members (excludes halogenated alkanes) is 3. The van der Waals surface area contributed by atoms with Gasteiger partial charge in [0.25, 0.3) is 0 Å². The standard InChI is InChI=1S/C18H28BO2/c1-6-7-8-9-10-15-11-13-16(14-12-15)19-20-17(2,3)18(4,5)21-19/h10-14H,6-9H2,1-5H3. The molecule has 0 aromatic heterocycles. The van der Waals surface area contributed by atoms with E-state index in [-0.39, 0.29) is 18.3 Å². The van der Waals surface area contributed by atoms with E-state index in [1.807, 2.05) is 0 Å². The maximum absolute atomic E-state index is 6.07. The fraction of sp³-hybridized carbons (Fsp3) is 0.611. The van der Waals surface area contributed by atoms with Crippen LogP contribution in [0.4, 0.5) is 0 Å². The second-order valence-electron chi connectivity index (χ2n) is 6.95. The molecule has 21 heavy (non-hydrogen) atoms. The van der Waals surface area contributed by atoms with Crippen LogP contribution in [0.15, 0.2) is 24.3 Å². The Morgan fingerprint density at radius 2 is 1.52 bits per heavy atom. The Bertz CT molecular complexity index is 435. The molecule has 0 bridgehead atoms. The van der Waals surface area contributed by atoms with Gasteiger partial charge in [0.2, 0.25) is 0 Å². The molecule has 1 heterocycles. The second kappa shape index (κ2) is 6.54. The van der Waals surface area contributed by atoms with Crippen molar-refractivity contribution in [3.63, 3.8) is 0 Å². The molecule has 1 aromatic carbocycles. The fourth-order valence-electron chi connectivity index (χ4n) is 2.43. The molecule has 0 atom stereocenters. The minimum absolute atomic E-state index is 0.260. The van der Waals surface area contributed by atoms with E-state index in [9.17, 15) is 0 Å². The lowest BCUT2D eigenvalue weighted by molar-refractivity contribution is 0.00578. The summed E-state index contributed by atoms with van der Waals surface area (Å²) in [5.41, 5.74) is 1.83. The molecule has 0 unspecified atom stereocenters. The number of hydrogen-bond acceptors (Lipinski definition) is 2. The van der Waals surface area contributed by atoms with Crippen molar-refractivity contribution in [2.24, 2.45) is 0 Å². The summed E-state index contributed by atoms with van der Waals surface area (Å²) in [7, 11) is -0.260. The SMILES string of the molecule is CCCCC[CH]c1ccc(B2OC(C)(C)C(C)(C)O2)cc1. The predicted molar refractivity (Wildman–Crippen MR) is 89.7 cm³/mol. The lowest BCUT2D eigenvalue weighted by atomic mass is 9.78. The molecule has 1 saturated heterocycles. The maximum atomic E-state index is 6.07. The van der Waals surface area contributed by atoms with Gasteiger partial charge in [0.05, 0.1) is 11.2 Å². The van der Waals surface area contributed by atoms with Gasteiger partial charge in [-0.1, -0.05) is 50.5 Å². The molecule has 0 N–H and O–H groups in total. The molecule has 1 fully saturated rings. The molecule has 2 nitrogen and oxygen atoms in total. The van der Waals surface area contributed by atoms with Gasteiger partial charge in [0.1, 0.15) is 0 Å². The van der Waals surface area contributed by atoms with Crippen LogP contribution in [0.5, 0.6) is 0 Å². The zero-order valence-corrected chi connectivity index (χ0v) is 14.1. The van der Waals surface area contributed by atoms with Gasteiger partial charge in [-0.15, -0.1) is 0 Å². The van der Waals surface area contributed by atoms with Gasteiger partial charge < -0.3 is 9.31 Å². The van der Waals surface area contributed by atoms with Crippen molar-refractivity contribution < 1.29 is 9.31 Å². The van der Waals surface area contributed by atoms with E-state index in [1.165, 1.54) is 24.8 Å². The molecule has 3 heteroatoms. The molecule has 0 spiro atoms. The van der Waals surface area contributed by atoms with Gasteiger partial charge in [-0.25, -0.2) is 0 Å². The fourth-order valence-corrected chi connectivity index (χ4v) is 2.43. The van der Waals surface area contributed by atoms with Crippen molar-refractivity contribution >= 4 is 12.6 Å². The molecule has 0 saturated carbocycles. The lowest BCUT2D eigenvalue weighted by Crippen LogP contribution is -2.41. The van der Waals surface area contributed by atoms with Crippen LogP contribution in [0.2, 0.25) is 0 Å². The largest absolute Gasteiger partial charge is 0.494 e. The van der Waals surface area contributed by atoms with Crippen LogP contribution in [0, 0.1) is 6.42 Å². The van der Waals surface area contributed by atoms with E-state index >= 15 is 0 Å². The van der Waals surface area contributed by atoms with Gasteiger partial charge in [-0.2, -0.15) is 0 Å². The average Bonchev–Trinajstić information content (AvgIpc) is 2.64. The highest BCUT2D eigenvalue weighted by Crippen LogP contribution is 2.36. The highest BCUT2D eigenvalue weighted by Gasteiger charge is 2.51. The highest BCUT2D eigenvalue weighted by molar-refractivity contribution is 6.62. The first kappa shape index (κ1) is 16.6. The molecule has 2 rings (SSSR count). The first-order valence-electron chi connectivity index (χ1n) is 8.14. The zero-order chi connectivity index (χ0) is 15.5. The van der Waals surface area contributed by atoms with E-state index in [4.69, 9.17) is 9.31 Å². The van der Waals surface area contributed by atoms with Crippen molar-refractivity contribution in [1.82, 2.24) is 0 Å². The topological polar surface area (TPSA) is 18.5 Å². The van der Waals surface area contributed by atoms with Crippen LogP contribution in [0.25, 0.3) is 0 Å². The van der Waals surface area contributed by atoms with Crippen molar-refractivity contribution in [3.05, 3.63) is 36.2 Å². The minimum atomic E-state index is -0.275. The summed E-state index contributed by atoms with van der Waals surface area (Å²) in [4.78, 5) is 0. The van der Waals surface area contributed by atoms with Crippen molar-refractivity contribution in [1.29, 1.82) is 0 Å². The van der Waals surface area contributed by atoms with Crippen molar-refractivity contribution in [3.8, 4) is 0 Å². The van der Waals surface area contributed by atoms with Crippen LogP contribution < -0.4 is 5.46 Å². The first-order valence-corrected chi connectivity index (χ1v) is 8.14. The van der Waals surface area contributed by atoms with Crippen LogP contribution in [-0.4, -0.2) is 18.3 Å². The molecule has 0 amide bonds. The van der Waals surface area contributed by atoms with Crippen LogP contribution in [-0.2, 0) is 9.31 Å². The zero-order valence-electron chi connectivity index (χ0n) is 14.1. The molecule has 0 aliphatic carbocycles. The van der Waals surface area contributed by atoms with E-state index in [0.29, 0.717) is 0 Å². The normalized spacial score (nSPS) is 20.0. The summed E-state index contributed by atoms with van der Waals surface area (Å²) in [6, 6.07) is 8.56. The molecular formula is C18H28BO2. The molecular weight excluding hydrogens is 259 g/mol. The Morgan fingerprint density at radius 1 is 0.952 bits per heavy atom. The number of rotatable bonds is 6. The quantitative estimate of drug-likeness (QED) is 0.579. The van der Waals surface area contributed by atoms with E-state index in [1.54, 1.807) is 0 Å². The Kier molecular flexibility index (Phi) is 5.16. The van der Waals surface area contributed by atoms with Gasteiger partial charge in [-0.3, -0.25) is 0 Å². The van der Waals surface area contributed by atoms with Gasteiger partial charge in [0, 0.05) is 0 Å². The van der Waals surface area contributed by atoms with Crippen molar-refractivity contribution in [2.75, 3.05) is 0 Å². The Morgan fingerprint density at radius 3 is 2.05 bits per heavy atom. The first-order chi connectivity index (χ1) is 9.86. The van der Waals surface area contributed by atoms with E-state index < -0.39 is 0 Å².